The smallest absolute Gasteiger partial charge is 0.262 e. The van der Waals surface area contributed by atoms with Crippen molar-refractivity contribution in [3.63, 3.8) is 0 Å². The van der Waals surface area contributed by atoms with Crippen molar-refractivity contribution in [2.24, 2.45) is 0 Å². The van der Waals surface area contributed by atoms with E-state index in [4.69, 9.17) is 9.68 Å². The van der Waals surface area contributed by atoms with Gasteiger partial charge in [-0.1, -0.05) is 0 Å². The Balaban J connectivity index is 2.00. The molecule has 2 rings (SSSR count). The van der Waals surface area contributed by atoms with Crippen LogP contribution >= 0.6 is 0 Å². The number of nitrogens with zero attached hydrogens (tertiary/aromatic N) is 2. The Labute approximate surface area is 109 Å². The summed E-state index contributed by atoms with van der Waals surface area (Å²) in [6, 6.07) is 5.43. The first-order chi connectivity index (χ1) is 9.19. The molecule has 0 aliphatic heterocycles. The molecule has 0 aromatic carbocycles. The number of carbonyl (C=O) groups is 1. The van der Waals surface area contributed by atoms with E-state index in [1.165, 1.54) is 6.08 Å². The zero-order valence-electron chi connectivity index (χ0n) is 10.3. The number of imidazole rings is 1. The molecule has 0 aliphatic carbocycles. The molecule has 0 unspecified atom stereocenters. The molecule has 19 heavy (non-hydrogen) atoms. The van der Waals surface area contributed by atoms with E-state index in [1.54, 1.807) is 18.5 Å². The normalized spacial score (nSPS) is 11.1. The summed E-state index contributed by atoms with van der Waals surface area (Å²) in [5, 5.41) is 11.6. The Morgan fingerprint density at radius 3 is 3.05 bits per heavy atom. The average Bonchev–Trinajstić information content (AvgIpc) is 3.04. The molecular weight excluding hydrogens is 244 g/mol. The number of hydrogen-bond donors (Lipinski definition) is 2. The molecule has 0 radical (unpaired) electrons. The highest BCUT2D eigenvalue weighted by atomic mass is 16.3. The molecule has 0 spiro atoms. The fraction of sp³-hybridized carbons (Fsp3) is 0.154. The van der Waals surface area contributed by atoms with Gasteiger partial charge in [-0.3, -0.25) is 4.79 Å². The number of nitrogens with one attached hydrogen (secondary N) is 2. The van der Waals surface area contributed by atoms with Crippen LogP contribution in [0.3, 0.4) is 0 Å². The molecule has 0 bridgehead atoms. The number of furan rings is 1. The van der Waals surface area contributed by atoms with E-state index >= 15 is 0 Å². The Morgan fingerprint density at radius 2 is 2.47 bits per heavy atom. The van der Waals surface area contributed by atoms with Crippen LogP contribution in [0.4, 0.5) is 0 Å². The molecule has 0 saturated carbocycles. The van der Waals surface area contributed by atoms with Gasteiger partial charge in [0, 0.05) is 18.5 Å². The highest BCUT2D eigenvalue weighted by molar-refractivity contribution is 6.01. The second-order valence-corrected chi connectivity index (χ2v) is 3.84. The third kappa shape index (κ3) is 3.33. The molecule has 0 atom stereocenters. The lowest BCUT2D eigenvalue weighted by Gasteiger charge is -2.01. The average molecular weight is 256 g/mol. The van der Waals surface area contributed by atoms with Gasteiger partial charge in [0.25, 0.3) is 5.91 Å². The summed E-state index contributed by atoms with van der Waals surface area (Å²) in [7, 11) is 0. The van der Waals surface area contributed by atoms with Gasteiger partial charge in [-0.25, -0.2) is 4.98 Å². The summed E-state index contributed by atoms with van der Waals surface area (Å²) in [4.78, 5) is 18.5. The molecule has 2 N–H and O–H groups in total. The number of carbonyl (C=O) groups excluding carboxylic acids is 1. The van der Waals surface area contributed by atoms with Gasteiger partial charge in [0.15, 0.2) is 0 Å². The fourth-order valence-corrected chi connectivity index (χ4v) is 1.48. The fourth-order valence-electron chi connectivity index (χ4n) is 1.48. The maximum Gasteiger partial charge on any atom is 0.262 e. The molecule has 1 amide bonds. The second-order valence-electron chi connectivity index (χ2n) is 3.84. The predicted molar refractivity (Wildman–Crippen MR) is 67.5 cm³/mol. The Morgan fingerprint density at radius 1 is 1.63 bits per heavy atom. The van der Waals surface area contributed by atoms with Crippen molar-refractivity contribution < 1.29 is 9.21 Å². The Hall–Kier alpha value is -2.81. The minimum atomic E-state index is -0.465. The summed E-state index contributed by atoms with van der Waals surface area (Å²) in [5.74, 6) is 1.41. The molecule has 2 aromatic rings. The molecule has 0 aliphatic rings. The van der Waals surface area contributed by atoms with Gasteiger partial charge in [0.2, 0.25) is 0 Å². The summed E-state index contributed by atoms with van der Waals surface area (Å²) in [5.41, 5.74) is -0.0155. The number of amides is 1. The summed E-state index contributed by atoms with van der Waals surface area (Å²) < 4.78 is 5.32. The lowest BCUT2D eigenvalue weighted by atomic mass is 10.2. The van der Waals surface area contributed by atoms with Crippen molar-refractivity contribution in [3.8, 4) is 6.07 Å². The van der Waals surface area contributed by atoms with Crippen LogP contribution in [0.15, 0.2) is 34.5 Å². The molecule has 0 fully saturated rings. The van der Waals surface area contributed by atoms with Gasteiger partial charge < -0.3 is 14.7 Å². The van der Waals surface area contributed by atoms with Gasteiger partial charge >= 0.3 is 0 Å². The first-order valence-electron chi connectivity index (χ1n) is 5.63. The molecule has 2 aromatic heterocycles. The van der Waals surface area contributed by atoms with Gasteiger partial charge in [-0.05, 0) is 19.1 Å². The number of aryl methyl sites for hydroxylation is 1. The molecular formula is C13H12N4O2. The lowest BCUT2D eigenvalue weighted by molar-refractivity contribution is -0.117. The second kappa shape index (κ2) is 5.69. The van der Waals surface area contributed by atoms with Gasteiger partial charge in [0.1, 0.15) is 29.0 Å². The third-order valence-electron chi connectivity index (χ3n) is 2.38. The van der Waals surface area contributed by atoms with Gasteiger partial charge in [-0.2, -0.15) is 5.26 Å². The van der Waals surface area contributed by atoms with Crippen LogP contribution in [-0.4, -0.2) is 15.9 Å². The quantitative estimate of drug-likeness (QED) is 0.640. The number of H-pyrrole nitrogens is 1. The van der Waals surface area contributed by atoms with Crippen molar-refractivity contribution in [2.45, 2.75) is 13.5 Å². The van der Waals surface area contributed by atoms with Gasteiger partial charge in [0.05, 0.1) is 6.54 Å². The van der Waals surface area contributed by atoms with E-state index in [0.717, 1.165) is 5.76 Å². The van der Waals surface area contributed by atoms with Crippen molar-refractivity contribution in [2.75, 3.05) is 0 Å². The number of aromatic nitrogens is 2. The summed E-state index contributed by atoms with van der Waals surface area (Å²) in [6.07, 6.45) is 4.55. The summed E-state index contributed by atoms with van der Waals surface area (Å²) in [6.45, 7) is 2.06. The molecule has 6 heteroatoms. The van der Waals surface area contributed by atoms with Crippen LogP contribution < -0.4 is 5.32 Å². The minimum absolute atomic E-state index is 0.0155. The van der Waals surface area contributed by atoms with E-state index in [1.807, 2.05) is 19.1 Å². The van der Waals surface area contributed by atoms with Crippen LogP contribution in [0.2, 0.25) is 0 Å². The van der Waals surface area contributed by atoms with E-state index in [-0.39, 0.29) is 12.1 Å². The predicted octanol–water partition coefficient (Wildman–Crippen LogP) is 1.53. The van der Waals surface area contributed by atoms with Crippen molar-refractivity contribution >= 4 is 12.0 Å². The number of rotatable bonds is 4. The van der Waals surface area contributed by atoms with E-state index in [2.05, 4.69) is 15.3 Å². The van der Waals surface area contributed by atoms with Crippen LogP contribution in [0.5, 0.6) is 0 Å². The first-order valence-corrected chi connectivity index (χ1v) is 5.63. The molecule has 96 valence electrons. The van der Waals surface area contributed by atoms with Crippen molar-refractivity contribution in [3.05, 3.63) is 47.4 Å². The summed E-state index contributed by atoms with van der Waals surface area (Å²) >= 11 is 0. The molecule has 0 saturated heterocycles. The van der Waals surface area contributed by atoms with Crippen LogP contribution in [-0.2, 0) is 11.3 Å². The first kappa shape index (κ1) is 12.6. The zero-order chi connectivity index (χ0) is 13.7. The van der Waals surface area contributed by atoms with Crippen LogP contribution in [0.1, 0.15) is 17.3 Å². The number of aromatic amines is 1. The third-order valence-corrected chi connectivity index (χ3v) is 2.38. The van der Waals surface area contributed by atoms with Crippen LogP contribution in [0.25, 0.3) is 6.08 Å². The highest BCUT2D eigenvalue weighted by Gasteiger charge is 2.10. The number of nitriles is 1. The van der Waals surface area contributed by atoms with Crippen molar-refractivity contribution in [1.82, 2.24) is 15.3 Å². The molecule has 2 heterocycles. The van der Waals surface area contributed by atoms with E-state index < -0.39 is 5.91 Å². The Bertz CT molecular complexity index is 632. The van der Waals surface area contributed by atoms with Crippen molar-refractivity contribution in [1.29, 1.82) is 5.26 Å². The zero-order valence-corrected chi connectivity index (χ0v) is 10.3. The van der Waals surface area contributed by atoms with E-state index in [9.17, 15) is 4.79 Å². The SMILES string of the molecule is Cc1ccc(CNC(=O)/C(C#N)=C/c2ncc[nH]2)o1. The lowest BCUT2D eigenvalue weighted by Crippen LogP contribution is -2.23. The minimum Gasteiger partial charge on any atom is -0.465 e. The monoisotopic (exact) mass is 256 g/mol. The highest BCUT2D eigenvalue weighted by Crippen LogP contribution is 2.06. The molecule has 6 nitrogen and oxygen atoms in total. The Kier molecular flexibility index (Phi) is 3.78. The van der Waals surface area contributed by atoms with Gasteiger partial charge in [-0.15, -0.1) is 0 Å². The van der Waals surface area contributed by atoms with Crippen LogP contribution in [0, 0.1) is 18.3 Å². The topological polar surface area (TPSA) is 94.7 Å². The largest absolute Gasteiger partial charge is 0.465 e. The standard InChI is InChI=1S/C13H12N4O2/c1-9-2-3-11(19-9)8-17-13(18)10(7-14)6-12-15-4-5-16-12/h2-6H,8H2,1H3,(H,15,16)(H,17,18)/b10-6+. The van der Waals surface area contributed by atoms with E-state index in [0.29, 0.717) is 11.6 Å². The number of hydrogen-bond acceptors (Lipinski definition) is 4. The maximum absolute atomic E-state index is 11.8. The maximum atomic E-state index is 11.8.